The molecule has 2 heterocycles. The van der Waals surface area contributed by atoms with E-state index in [4.69, 9.17) is 5.11 Å². The number of carboxylic acid groups (broad SMARTS) is 1. The molecule has 0 aliphatic carbocycles. The molecule has 3 nitrogen and oxygen atoms in total. The van der Waals surface area contributed by atoms with Crippen molar-refractivity contribution in [1.29, 1.82) is 0 Å². The van der Waals surface area contributed by atoms with Gasteiger partial charge in [0.25, 0.3) is 0 Å². The van der Waals surface area contributed by atoms with Crippen molar-refractivity contribution in [3.63, 3.8) is 0 Å². The zero-order chi connectivity index (χ0) is 8.72. The molecule has 0 amide bonds. The summed E-state index contributed by atoms with van der Waals surface area (Å²) < 4.78 is 0. The van der Waals surface area contributed by atoms with Gasteiger partial charge in [-0.25, -0.2) is 0 Å². The topological polar surface area (TPSA) is 40.5 Å². The highest BCUT2D eigenvalue weighted by Crippen LogP contribution is 2.36. The summed E-state index contributed by atoms with van der Waals surface area (Å²) in [6, 6.07) is 0.374. The number of fused-ring (bicyclic) bond motifs is 1. The number of carboxylic acids is 1. The number of carbonyl (C=O) groups is 1. The van der Waals surface area contributed by atoms with Crippen LogP contribution < -0.4 is 0 Å². The molecule has 0 aromatic heterocycles. The number of nitrogens with zero attached hydrogens (tertiary/aromatic N) is 1. The van der Waals surface area contributed by atoms with Crippen molar-refractivity contribution >= 4 is 5.97 Å². The van der Waals surface area contributed by atoms with Crippen molar-refractivity contribution in [2.24, 2.45) is 5.92 Å². The molecule has 3 atom stereocenters. The summed E-state index contributed by atoms with van der Waals surface area (Å²) >= 11 is 0. The van der Waals surface area contributed by atoms with E-state index < -0.39 is 5.97 Å². The SMILES string of the molecule is CC1CC(C(=O)O)N2CCCC12. The van der Waals surface area contributed by atoms with E-state index in [1.54, 1.807) is 0 Å². The maximum atomic E-state index is 10.8. The Morgan fingerprint density at radius 2 is 2.33 bits per heavy atom. The van der Waals surface area contributed by atoms with Crippen LogP contribution in [0.4, 0.5) is 0 Å². The van der Waals surface area contributed by atoms with Crippen molar-refractivity contribution in [3.05, 3.63) is 0 Å². The second-order valence-corrected chi connectivity index (χ2v) is 4.01. The molecule has 2 rings (SSSR count). The molecule has 3 unspecified atom stereocenters. The van der Waals surface area contributed by atoms with Gasteiger partial charge in [-0.05, 0) is 31.7 Å². The lowest BCUT2D eigenvalue weighted by Gasteiger charge is -2.20. The highest BCUT2D eigenvalue weighted by atomic mass is 16.4. The summed E-state index contributed by atoms with van der Waals surface area (Å²) in [5.74, 6) is -0.0557. The number of aliphatic carboxylic acids is 1. The van der Waals surface area contributed by atoms with Crippen molar-refractivity contribution in [3.8, 4) is 0 Å². The predicted molar refractivity (Wildman–Crippen MR) is 44.9 cm³/mol. The van der Waals surface area contributed by atoms with Crippen LogP contribution in [-0.4, -0.2) is 34.6 Å². The molecule has 0 aromatic carbocycles. The molecule has 2 saturated heterocycles. The van der Waals surface area contributed by atoms with Gasteiger partial charge in [0.05, 0.1) is 0 Å². The molecule has 68 valence electrons. The molecular formula is C9H15NO2. The molecule has 0 aromatic rings. The van der Waals surface area contributed by atoms with E-state index in [-0.39, 0.29) is 6.04 Å². The van der Waals surface area contributed by atoms with Crippen molar-refractivity contribution in [1.82, 2.24) is 4.90 Å². The first-order chi connectivity index (χ1) is 5.70. The summed E-state index contributed by atoms with van der Waals surface area (Å²) in [5, 5.41) is 8.94. The van der Waals surface area contributed by atoms with Gasteiger partial charge in [0.15, 0.2) is 0 Å². The van der Waals surface area contributed by atoms with E-state index in [1.807, 2.05) is 0 Å². The van der Waals surface area contributed by atoms with E-state index in [2.05, 4.69) is 11.8 Å². The molecule has 2 fully saturated rings. The third kappa shape index (κ3) is 1.04. The molecular weight excluding hydrogens is 154 g/mol. The average Bonchev–Trinajstić information content (AvgIpc) is 2.53. The number of rotatable bonds is 1. The lowest BCUT2D eigenvalue weighted by molar-refractivity contribution is -0.142. The lowest BCUT2D eigenvalue weighted by Crippen LogP contribution is -2.37. The molecule has 0 spiro atoms. The Hall–Kier alpha value is -0.570. The second kappa shape index (κ2) is 2.73. The lowest BCUT2D eigenvalue weighted by atomic mass is 9.99. The first-order valence-corrected chi connectivity index (χ1v) is 4.68. The van der Waals surface area contributed by atoms with Gasteiger partial charge in [0.1, 0.15) is 6.04 Å². The van der Waals surface area contributed by atoms with Crippen LogP contribution in [0.1, 0.15) is 26.2 Å². The van der Waals surface area contributed by atoms with Gasteiger partial charge in [-0.1, -0.05) is 6.92 Å². The minimum atomic E-state index is -0.633. The van der Waals surface area contributed by atoms with E-state index >= 15 is 0 Å². The first-order valence-electron chi connectivity index (χ1n) is 4.68. The van der Waals surface area contributed by atoms with Crippen LogP contribution in [0.2, 0.25) is 0 Å². The summed E-state index contributed by atoms with van der Waals surface area (Å²) in [5.41, 5.74) is 0. The Morgan fingerprint density at radius 3 is 3.00 bits per heavy atom. The zero-order valence-electron chi connectivity index (χ0n) is 7.36. The molecule has 3 heteroatoms. The van der Waals surface area contributed by atoms with Crippen molar-refractivity contribution in [2.75, 3.05) is 6.54 Å². The largest absolute Gasteiger partial charge is 0.480 e. The van der Waals surface area contributed by atoms with Crippen molar-refractivity contribution < 1.29 is 9.90 Å². The minimum absolute atomic E-state index is 0.188. The van der Waals surface area contributed by atoms with E-state index in [0.29, 0.717) is 12.0 Å². The molecule has 2 aliphatic rings. The molecule has 0 saturated carbocycles. The highest BCUT2D eigenvalue weighted by molar-refractivity contribution is 5.74. The third-order valence-electron chi connectivity index (χ3n) is 3.28. The van der Waals surface area contributed by atoms with Gasteiger partial charge in [-0.3, -0.25) is 9.69 Å². The number of hydrogen-bond donors (Lipinski definition) is 1. The molecule has 12 heavy (non-hydrogen) atoms. The Morgan fingerprint density at radius 1 is 1.58 bits per heavy atom. The fourth-order valence-electron chi connectivity index (χ4n) is 2.70. The smallest absolute Gasteiger partial charge is 0.320 e. The van der Waals surface area contributed by atoms with Gasteiger partial charge >= 0.3 is 5.97 Å². The van der Waals surface area contributed by atoms with Gasteiger partial charge < -0.3 is 5.11 Å². The van der Waals surface area contributed by atoms with E-state index in [9.17, 15) is 4.79 Å². The monoisotopic (exact) mass is 169 g/mol. The summed E-state index contributed by atoms with van der Waals surface area (Å²) in [6.45, 7) is 3.16. The molecule has 1 N–H and O–H groups in total. The van der Waals surface area contributed by atoms with Crippen molar-refractivity contribution in [2.45, 2.75) is 38.3 Å². The normalized spacial score (nSPS) is 41.6. The van der Waals surface area contributed by atoms with Crippen LogP contribution in [0.5, 0.6) is 0 Å². The standard InChI is InChI=1S/C9H15NO2/c1-6-5-8(9(11)12)10-4-2-3-7(6)10/h6-8H,2-5H2,1H3,(H,11,12). The van der Waals surface area contributed by atoms with Crippen LogP contribution in [0.3, 0.4) is 0 Å². The second-order valence-electron chi connectivity index (χ2n) is 4.01. The van der Waals surface area contributed by atoms with Crippen LogP contribution in [0.25, 0.3) is 0 Å². The maximum absolute atomic E-state index is 10.8. The van der Waals surface area contributed by atoms with Gasteiger partial charge in [-0.15, -0.1) is 0 Å². The fourth-order valence-corrected chi connectivity index (χ4v) is 2.70. The quantitative estimate of drug-likeness (QED) is 0.635. The maximum Gasteiger partial charge on any atom is 0.320 e. The fraction of sp³-hybridized carbons (Fsp3) is 0.889. The van der Waals surface area contributed by atoms with E-state index in [1.165, 1.54) is 12.8 Å². The summed E-state index contributed by atoms with van der Waals surface area (Å²) in [6.07, 6.45) is 3.23. The van der Waals surface area contributed by atoms with Crippen LogP contribution in [0.15, 0.2) is 0 Å². The third-order valence-corrected chi connectivity index (χ3v) is 3.28. The van der Waals surface area contributed by atoms with Gasteiger partial charge in [0.2, 0.25) is 0 Å². The van der Waals surface area contributed by atoms with Crippen LogP contribution >= 0.6 is 0 Å². The van der Waals surface area contributed by atoms with E-state index in [0.717, 1.165) is 13.0 Å². The Kier molecular flexibility index (Phi) is 1.83. The zero-order valence-corrected chi connectivity index (χ0v) is 7.36. The predicted octanol–water partition coefficient (Wildman–Crippen LogP) is 0.944. The van der Waals surface area contributed by atoms with Gasteiger partial charge in [-0.2, -0.15) is 0 Å². The summed E-state index contributed by atoms with van der Waals surface area (Å²) in [4.78, 5) is 13.0. The Balaban J connectivity index is 2.14. The number of hydrogen-bond acceptors (Lipinski definition) is 2. The minimum Gasteiger partial charge on any atom is -0.480 e. The highest BCUT2D eigenvalue weighted by Gasteiger charge is 2.44. The average molecular weight is 169 g/mol. The van der Waals surface area contributed by atoms with Crippen LogP contribution in [-0.2, 0) is 4.79 Å². The Bertz CT molecular complexity index is 205. The first kappa shape index (κ1) is 8.05. The summed E-state index contributed by atoms with van der Waals surface area (Å²) in [7, 11) is 0. The molecule has 2 aliphatic heterocycles. The van der Waals surface area contributed by atoms with Gasteiger partial charge in [0, 0.05) is 6.04 Å². The Labute approximate surface area is 72.4 Å². The molecule has 0 radical (unpaired) electrons. The molecule has 0 bridgehead atoms. The van der Waals surface area contributed by atoms with Crippen LogP contribution in [0, 0.1) is 5.92 Å².